The maximum Gasteiger partial charge on any atom is -0.0178 e. The highest BCUT2D eigenvalue weighted by Crippen LogP contribution is 2.19. The largest absolute Gasteiger partial charge is 0.0610 e. The third-order valence-electron chi connectivity index (χ3n) is 1.59. The van der Waals surface area contributed by atoms with Gasteiger partial charge in [0.2, 0.25) is 0 Å². The smallest absolute Gasteiger partial charge is 0.0178 e. The zero-order chi connectivity index (χ0) is 6.81. The first-order valence-corrected chi connectivity index (χ1v) is 3.32. The second-order valence-corrected chi connectivity index (χ2v) is 2.27. The van der Waals surface area contributed by atoms with Crippen LogP contribution >= 0.6 is 0 Å². The average Bonchev–Trinajstić information content (AvgIpc) is 2.28. The lowest BCUT2D eigenvalue weighted by Crippen LogP contribution is -1.60. The van der Waals surface area contributed by atoms with Crippen LogP contribution < -0.4 is 0 Å². The molecular formula is C10H7. The van der Waals surface area contributed by atoms with Crippen molar-refractivity contribution >= 4 is 0 Å². The van der Waals surface area contributed by atoms with Crippen molar-refractivity contribution in [2.75, 3.05) is 0 Å². The van der Waals surface area contributed by atoms with E-state index in [0.29, 0.717) is 0 Å². The van der Waals surface area contributed by atoms with Gasteiger partial charge in [-0.15, -0.1) is 0 Å². The fourth-order valence-corrected chi connectivity index (χ4v) is 1.08. The molecule has 2 aliphatic carbocycles. The standard InChI is InChI=1S/C10H7/c1-2-5-9-7-4-8-10(9)6-3-1/h1-2,4-8H. The molecule has 10 heavy (non-hydrogen) atoms. The van der Waals surface area contributed by atoms with Crippen molar-refractivity contribution in [1.29, 1.82) is 0 Å². The van der Waals surface area contributed by atoms with Gasteiger partial charge in [-0.05, 0) is 23.3 Å². The molecule has 0 aromatic rings. The van der Waals surface area contributed by atoms with Crippen molar-refractivity contribution < 1.29 is 0 Å². The molecule has 0 heterocycles. The summed E-state index contributed by atoms with van der Waals surface area (Å²) in [5.74, 6) is 0. The molecule has 1 radical (unpaired) electrons. The van der Waals surface area contributed by atoms with E-state index in [1.165, 1.54) is 11.1 Å². The summed E-state index contributed by atoms with van der Waals surface area (Å²) in [6.07, 6.45) is 0. The lowest BCUT2D eigenvalue weighted by molar-refractivity contribution is 1.83. The Hall–Kier alpha value is -1.30. The minimum Gasteiger partial charge on any atom is -0.0610 e. The Labute approximate surface area is 60.5 Å². The first-order valence-electron chi connectivity index (χ1n) is 3.32. The molecule has 0 aromatic heterocycles. The molecule has 0 aliphatic heterocycles. The molecule has 0 fully saturated rings. The van der Waals surface area contributed by atoms with E-state index in [1.807, 2.05) is 18.2 Å². The van der Waals surface area contributed by atoms with Crippen molar-refractivity contribution in [3.8, 4) is 11.1 Å². The summed E-state index contributed by atoms with van der Waals surface area (Å²) in [6.45, 7) is 0. The summed E-state index contributed by atoms with van der Waals surface area (Å²) in [5, 5.41) is 0. The lowest BCUT2D eigenvalue weighted by atomic mass is 10.2. The second kappa shape index (κ2) is 2.14. The second-order valence-electron chi connectivity index (χ2n) is 2.27. The molecule has 0 saturated carbocycles. The highest BCUT2D eigenvalue weighted by molar-refractivity contribution is 5.65. The molecule has 0 spiro atoms. The lowest BCUT2D eigenvalue weighted by Gasteiger charge is -1.85. The molecule has 0 heteroatoms. The van der Waals surface area contributed by atoms with Crippen molar-refractivity contribution in [1.82, 2.24) is 0 Å². The Bertz CT molecular complexity index is 271. The van der Waals surface area contributed by atoms with Crippen LogP contribution in [-0.4, -0.2) is 0 Å². The number of rotatable bonds is 0. The van der Waals surface area contributed by atoms with E-state index in [0.717, 1.165) is 0 Å². The van der Waals surface area contributed by atoms with Gasteiger partial charge in [-0.2, -0.15) is 0 Å². The van der Waals surface area contributed by atoms with Crippen LogP contribution in [0.25, 0.3) is 11.1 Å². The molecular weight excluding hydrogens is 120 g/mol. The van der Waals surface area contributed by atoms with Crippen LogP contribution in [0, 0.1) is 6.07 Å². The molecule has 0 nitrogen and oxygen atoms in total. The van der Waals surface area contributed by atoms with Gasteiger partial charge in [0.1, 0.15) is 0 Å². The molecule has 0 bridgehead atoms. The van der Waals surface area contributed by atoms with Crippen molar-refractivity contribution in [2.45, 2.75) is 0 Å². The maximum absolute atomic E-state index is 3.05. The predicted octanol–water partition coefficient (Wildman–Crippen LogP) is 2.59. The zero-order valence-electron chi connectivity index (χ0n) is 5.54. The number of hydrogen-bond acceptors (Lipinski definition) is 0. The van der Waals surface area contributed by atoms with Gasteiger partial charge >= 0.3 is 0 Å². The summed E-state index contributed by atoms with van der Waals surface area (Å²) in [5.41, 5.74) is 2.53. The Morgan fingerprint density at radius 1 is 0.900 bits per heavy atom. The van der Waals surface area contributed by atoms with Gasteiger partial charge in [0, 0.05) is 0 Å². The molecule has 47 valence electrons. The molecule has 0 unspecified atom stereocenters. The van der Waals surface area contributed by atoms with Gasteiger partial charge in [0.15, 0.2) is 0 Å². The van der Waals surface area contributed by atoms with Crippen LogP contribution in [0.5, 0.6) is 0 Å². The molecule has 2 aliphatic rings. The molecule has 0 atom stereocenters. The van der Waals surface area contributed by atoms with Crippen LogP contribution in [-0.2, 0) is 0 Å². The van der Waals surface area contributed by atoms with E-state index >= 15 is 0 Å². The minimum atomic E-state index is 1.25. The molecule has 0 N–H and O–H groups in total. The quantitative estimate of drug-likeness (QED) is 0.510. The van der Waals surface area contributed by atoms with E-state index < -0.39 is 0 Å². The summed E-state index contributed by atoms with van der Waals surface area (Å²) >= 11 is 0. The minimum absolute atomic E-state index is 1.25. The van der Waals surface area contributed by atoms with Gasteiger partial charge < -0.3 is 0 Å². The average molecular weight is 127 g/mol. The third-order valence-corrected chi connectivity index (χ3v) is 1.59. The maximum atomic E-state index is 3.05. The van der Waals surface area contributed by atoms with Crippen molar-refractivity contribution in [2.24, 2.45) is 0 Å². The summed E-state index contributed by atoms with van der Waals surface area (Å²) in [6, 6.07) is 17.3. The Kier molecular flexibility index (Phi) is 1.17. The third kappa shape index (κ3) is 0.781. The zero-order valence-corrected chi connectivity index (χ0v) is 5.54. The van der Waals surface area contributed by atoms with Gasteiger partial charge in [0.05, 0.1) is 0 Å². The first kappa shape index (κ1) is 5.48. The number of hydrogen-bond donors (Lipinski definition) is 0. The van der Waals surface area contributed by atoms with Crippen LogP contribution in [0.3, 0.4) is 0 Å². The molecule has 0 aromatic carbocycles. The monoisotopic (exact) mass is 127 g/mol. The first-order chi connectivity index (χ1) is 4.97. The highest BCUT2D eigenvalue weighted by atomic mass is 14.0. The van der Waals surface area contributed by atoms with Crippen molar-refractivity contribution in [3.63, 3.8) is 0 Å². The van der Waals surface area contributed by atoms with Crippen LogP contribution in [0.1, 0.15) is 0 Å². The van der Waals surface area contributed by atoms with Gasteiger partial charge in [-0.1, -0.05) is 36.4 Å². The van der Waals surface area contributed by atoms with E-state index in [-0.39, 0.29) is 0 Å². The fraction of sp³-hybridized carbons (Fsp3) is 0. The molecule has 0 amide bonds. The van der Waals surface area contributed by atoms with Gasteiger partial charge in [0.25, 0.3) is 0 Å². The topological polar surface area (TPSA) is 0 Å². The van der Waals surface area contributed by atoms with E-state index in [2.05, 4.69) is 30.3 Å². The summed E-state index contributed by atoms with van der Waals surface area (Å²) < 4.78 is 0. The van der Waals surface area contributed by atoms with Crippen molar-refractivity contribution in [3.05, 3.63) is 48.5 Å². The van der Waals surface area contributed by atoms with Gasteiger partial charge in [-0.3, -0.25) is 0 Å². The van der Waals surface area contributed by atoms with Crippen LogP contribution in [0.15, 0.2) is 42.5 Å². The Morgan fingerprint density at radius 2 is 1.70 bits per heavy atom. The van der Waals surface area contributed by atoms with Gasteiger partial charge in [-0.25, -0.2) is 0 Å². The molecule has 0 saturated heterocycles. The van der Waals surface area contributed by atoms with E-state index in [9.17, 15) is 0 Å². The summed E-state index contributed by atoms with van der Waals surface area (Å²) in [7, 11) is 0. The van der Waals surface area contributed by atoms with Crippen LogP contribution in [0.4, 0.5) is 0 Å². The summed E-state index contributed by atoms with van der Waals surface area (Å²) in [4.78, 5) is 0. The Morgan fingerprint density at radius 3 is 2.70 bits per heavy atom. The number of fused-ring (bicyclic) bond motifs is 1. The van der Waals surface area contributed by atoms with E-state index in [1.54, 1.807) is 0 Å². The van der Waals surface area contributed by atoms with Crippen LogP contribution in [0.2, 0.25) is 0 Å². The highest BCUT2D eigenvalue weighted by Gasteiger charge is 1.94. The SMILES string of the molecule is [c]1cccc2cccc-2c1. The van der Waals surface area contributed by atoms with E-state index in [4.69, 9.17) is 0 Å². The predicted molar refractivity (Wildman–Crippen MR) is 41.9 cm³/mol. The Balaban J connectivity index is 2.74. The fourth-order valence-electron chi connectivity index (χ4n) is 1.08. The molecule has 2 rings (SSSR count). The normalized spacial score (nSPS) is 10.0.